The van der Waals surface area contributed by atoms with Crippen molar-refractivity contribution in [1.82, 2.24) is 9.97 Å². The fraction of sp³-hybridized carbons (Fsp3) is 0. The van der Waals surface area contributed by atoms with Gasteiger partial charge in [0.05, 0.1) is 0 Å². The highest BCUT2D eigenvalue weighted by Crippen LogP contribution is 2.33. The van der Waals surface area contributed by atoms with Gasteiger partial charge in [0.25, 0.3) is 0 Å². The molecule has 0 saturated carbocycles. The van der Waals surface area contributed by atoms with Crippen LogP contribution in [0.4, 0.5) is 5.69 Å². The predicted molar refractivity (Wildman–Crippen MR) is 69.7 cm³/mol. The summed E-state index contributed by atoms with van der Waals surface area (Å²) in [5.74, 6) is 0. The largest absolute Gasteiger partial charge is 0.394 e. The number of hydrogen-bond acceptors (Lipinski definition) is 4. The van der Waals surface area contributed by atoms with E-state index in [1.165, 1.54) is 18.1 Å². The molecule has 82 valence electrons. The molecule has 3 nitrogen and oxygen atoms in total. The van der Waals surface area contributed by atoms with Gasteiger partial charge in [-0.25, -0.2) is 9.97 Å². The fourth-order valence-corrected chi connectivity index (χ4v) is 2.68. The quantitative estimate of drug-likeness (QED) is 0.860. The van der Waals surface area contributed by atoms with E-state index in [4.69, 9.17) is 17.3 Å². The second-order valence-corrected chi connectivity index (χ2v) is 5.28. The van der Waals surface area contributed by atoms with Crippen LogP contribution in [-0.4, -0.2) is 9.97 Å². The van der Waals surface area contributed by atoms with Gasteiger partial charge < -0.3 is 5.73 Å². The first kappa shape index (κ1) is 11.7. The van der Waals surface area contributed by atoms with Crippen LogP contribution in [0.5, 0.6) is 0 Å². The van der Waals surface area contributed by atoms with Crippen LogP contribution in [0.1, 0.15) is 0 Å². The van der Waals surface area contributed by atoms with Crippen molar-refractivity contribution >= 4 is 45.0 Å². The van der Waals surface area contributed by atoms with Crippen LogP contribution in [0, 0.1) is 0 Å². The van der Waals surface area contributed by atoms with Crippen molar-refractivity contribution in [3.63, 3.8) is 0 Å². The normalized spacial score (nSPS) is 10.4. The van der Waals surface area contributed by atoms with Gasteiger partial charge in [-0.05, 0) is 18.2 Å². The van der Waals surface area contributed by atoms with E-state index in [0.29, 0.717) is 10.7 Å². The molecule has 0 aliphatic rings. The number of halogens is 2. The first-order valence-corrected chi connectivity index (χ1v) is 6.35. The maximum atomic E-state index is 5.81. The molecule has 0 saturated heterocycles. The Labute approximate surface area is 111 Å². The Balaban J connectivity index is 2.31. The Hall–Kier alpha value is -0.780. The summed E-state index contributed by atoms with van der Waals surface area (Å²) in [5, 5.41) is 0.950. The van der Waals surface area contributed by atoms with Gasteiger partial charge in [0.2, 0.25) is 0 Å². The minimum Gasteiger partial charge on any atom is -0.394 e. The molecule has 0 aliphatic heterocycles. The van der Waals surface area contributed by atoms with Crippen LogP contribution in [0.3, 0.4) is 0 Å². The van der Waals surface area contributed by atoms with Crippen molar-refractivity contribution in [2.45, 2.75) is 9.92 Å². The number of aromatic nitrogens is 2. The molecular weight excluding hydrogens is 310 g/mol. The lowest BCUT2D eigenvalue weighted by molar-refractivity contribution is 1.06. The standard InChI is InChI=1S/C10H7BrClN3S/c11-6-2-1-3-7(4-6)16-10-8(13)9(12)14-5-15-10/h1-5H,13H2. The number of anilines is 1. The smallest absolute Gasteiger partial charge is 0.156 e. The zero-order valence-electron chi connectivity index (χ0n) is 8.02. The molecule has 2 N–H and O–H groups in total. The van der Waals surface area contributed by atoms with Gasteiger partial charge in [-0.1, -0.05) is 45.4 Å². The summed E-state index contributed by atoms with van der Waals surface area (Å²) in [7, 11) is 0. The highest BCUT2D eigenvalue weighted by Gasteiger charge is 2.07. The van der Waals surface area contributed by atoms with Gasteiger partial charge in [-0.2, -0.15) is 0 Å². The third-order valence-electron chi connectivity index (χ3n) is 1.81. The summed E-state index contributed by atoms with van der Waals surface area (Å²) < 4.78 is 1.01. The van der Waals surface area contributed by atoms with Crippen LogP contribution in [0.2, 0.25) is 5.15 Å². The molecule has 2 rings (SSSR count). The van der Waals surface area contributed by atoms with E-state index in [2.05, 4.69) is 25.9 Å². The van der Waals surface area contributed by atoms with Gasteiger partial charge in [-0.3, -0.25) is 0 Å². The zero-order chi connectivity index (χ0) is 11.5. The Morgan fingerprint density at radius 1 is 1.31 bits per heavy atom. The van der Waals surface area contributed by atoms with E-state index in [0.717, 1.165) is 9.37 Å². The number of rotatable bonds is 2. The van der Waals surface area contributed by atoms with Gasteiger partial charge >= 0.3 is 0 Å². The molecule has 0 fully saturated rings. The van der Waals surface area contributed by atoms with Gasteiger partial charge in [0.15, 0.2) is 5.15 Å². The van der Waals surface area contributed by atoms with E-state index < -0.39 is 0 Å². The van der Waals surface area contributed by atoms with Gasteiger partial charge in [-0.15, -0.1) is 0 Å². The van der Waals surface area contributed by atoms with Crippen molar-refractivity contribution < 1.29 is 0 Å². The molecular formula is C10H7BrClN3S. The van der Waals surface area contributed by atoms with Crippen molar-refractivity contribution in [2.75, 3.05) is 5.73 Å². The lowest BCUT2D eigenvalue weighted by Crippen LogP contribution is -1.94. The Kier molecular flexibility index (Phi) is 3.68. The molecule has 6 heteroatoms. The van der Waals surface area contributed by atoms with Gasteiger partial charge in [0.1, 0.15) is 17.0 Å². The van der Waals surface area contributed by atoms with Crippen LogP contribution >= 0.6 is 39.3 Å². The minimum atomic E-state index is 0.285. The van der Waals surface area contributed by atoms with Crippen LogP contribution in [-0.2, 0) is 0 Å². The lowest BCUT2D eigenvalue weighted by Gasteiger charge is -2.04. The molecule has 0 atom stereocenters. The zero-order valence-corrected chi connectivity index (χ0v) is 11.2. The second-order valence-electron chi connectivity index (χ2n) is 2.94. The van der Waals surface area contributed by atoms with Crippen LogP contribution < -0.4 is 5.73 Å². The summed E-state index contributed by atoms with van der Waals surface area (Å²) in [4.78, 5) is 8.93. The second kappa shape index (κ2) is 5.03. The summed E-state index contributed by atoms with van der Waals surface area (Å²) in [6.45, 7) is 0. The summed E-state index contributed by atoms with van der Waals surface area (Å²) in [6, 6.07) is 7.87. The lowest BCUT2D eigenvalue weighted by atomic mass is 10.4. The molecule has 1 aromatic heterocycles. The molecule has 16 heavy (non-hydrogen) atoms. The van der Waals surface area contributed by atoms with Crippen molar-refractivity contribution in [3.8, 4) is 0 Å². The Bertz CT molecular complexity index is 521. The molecule has 0 amide bonds. The molecule has 2 aromatic rings. The highest BCUT2D eigenvalue weighted by molar-refractivity contribution is 9.10. The Morgan fingerprint density at radius 2 is 2.12 bits per heavy atom. The first-order valence-electron chi connectivity index (χ1n) is 4.36. The maximum Gasteiger partial charge on any atom is 0.156 e. The van der Waals surface area contributed by atoms with Crippen LogP contribution in [0.15, 0.2) is 45.0 Å². The molecule has 0 unspecified atom stereocenters. The summed E-state index contributed by atoms with van der Waals surface area (Å²) in [5.41, 5.74) is 6.19. The van der Waals surface area contributed by atoms with Crippen molar-refractivity contribution in [1.29, 1.82) is 0 Å². The van der Waals surface area contributed by atoms with Crippen LogP contribution in [0.25, 0.3) is 0 Å². The molecule has 0 aliphatic carbocycles. The molecule has 1 aromatic carbocycles. The molecule has 1 heterocycles. The SMILES string of the molecule is Nc1c(Cl)ncnc1Sc1cccc(Br)c1. The third-order valence-corrected chi connectivity index (χ3v) is 3.61. The maximum absolute atomic E-state index is 5.81. The van der Waals surface area contributed by atoms with E-state index >= 15 is 0 Å². The Morgan fingerprint density at radius 3 is 2.88 bits per heavy atom. The van der Waals surface area contributed by atoms with Crippen molar-refractivity contribution in [3.05, 3.63) is 40.2 Å². The molecule has 0 spiro atoms. The van der Waals surface area contributed by atoms with E-state index in [1.54, 1.807) is 0 Å². The number of benzene rings is 1. The molecule has 0 bridgehead atoms. The van der Waals surface area contributed by atoms with Crippen molar-refractivity contribution in [2.24, 2.45) is 0 Å². The fourth-order valence-electron chi connectivity index (χ4n) is 1.08. The monoisotopic (exact) mass is 315 g/mol. The number of nitrogens with zero attached hydrogens (tertiary/aromatic N) is 2. The number of nitrogen functional groups attached to an aromatic ring is 1. The average Bonchev–Trinajstić information content (AvgIpc) is 2.25. The predicted octanol–water partition coefficient (Wildman–Crippen LogP) is 3.63. The van der Waals surface area contributed by atoms with E-state index in [-0.39, 0.29) is 5.15 Å². The number of hydrogen-bond donors (Lipinski definition) is 1. The third kappa shape index (κ3) is 2.66. The minimum absolute atomic E-state index is 0.285. The number of nitrogens with two attached hydrogens (primary N) is 1. The summed E-state index contributed by atoms with van der Waals surface area (Å²) >= 11 is 10.7. The highest BCUT2D eigenvalue weighted by atomic mass is 79.9. The summed E-state index contributed by atoms with van der Waals surface area (Å²) in [6.07, 6.45) is 1.40. The average molecular weight is 317 g/mol. The molecule has 0 radical (unpaired) electrons. The topological polar surface area (TPSA) is 51.8 Å². The first-order chi connectivity index (χ1) is 7.66. The van der Waals surface area contributed by atoms with Gasteiger partial charge in [0, 0.05) is 9.37 Å². The van der Waals surface area contributed by atoms with E-state index in [9.17, 15) is 0 Å². The van der Waals surface area contributed by atoms with E-state index in [1.807, 2.05) is 24.3 Å².